The van der Waals surface area contributed by atoms with Crippen molar-refractivity contribution in [1.82, 2.24) is 4.90 Å². The molecule has 60 valence electrons. The molecule has 0 aromatic rings. The first-order valence-electron chi connectivity index (χ1n) is 3.81. The maximum atomic E-state index is 11.1. The fourth-order valence-electron chi connectivity index (χ4n) is 1.24. The molecule has 1 rings (SSSR count). The zero-order chi connectivity index (χ0) is 8.43. The lowest BCUT2D eigenvalue weighted by Crippen LogP contribution is -2.16. The van der Waals surface area contributed by atoms with Crippen molar-refractivity contribution in [3.8, 4) is 0 Å². The zero-order valence-electron chi connectivity index (χ0n) is 7.05. The summed E-state index contributed by atoms with van der Waals surface area (Å²) in [5.74, 6) is 0.148. The molecule has 0 aromatic heterocycles. The van der Waals surface area contributed by atoms with Gasteiger partial charge in [0.1, 0.15) is 0 Å². The van der Waals surface area contributed by atoms with Crippen LogP contribution in [0.25, 0.3) is 0 Å². The highest BCUT2D eigenvalue weighted by atomic mass is 16.2. The molecule has 0 unspecified atom stereocenters. The van der Waals surface area contributed by atoms with Crippen LogP contribution in [0.2, 0.25) is 0 Å². The Hall–Kier alpha value is -1.05. The van der Waals surface area contributed by atoms with Gasteiger partial charge in [-0.25, -0.2) is 0 Å². The summed E-state index contributed by atoms with van der Waals surface area (Å²) in [5.41, 5.74) is 1.94. The van der Waals surface area contributed by atoms with E-state index in [1.807, 2.05) is 6.08 Å². The van der Waals surface area contributed by atoms with E-state index in [2.05, 4.69) is 13.5 Å². The van der Waals surface area contributed by atoms with E-state index in [0.717, 1.165) is 17.7 Å². The summed E-state index contributed by atoms with van der Waals surface area (Å²) in [4.78, 5) is 12.8. The van der Waals surface area contributed by atoms with Gasteiger partial charge in [-0.1, -0.05) is 19.6 Å². The highest BCUT2D eigenvalue weighted by Crippen LogP contribution is 2.25. The van der Waals surface area contributed by atoms with Crippen molar-refractivity contribution in [1.29, 1.82) is 0 Å². The Kier molecular flexibility index (Phi) is 2.13. The quantitative estimate of drug-likeness (QED) is 0.558. The maximum absolute atomic E-state index is 11.1. The molecule has 0 N–H and O–H groups in total. The summed E-state index contributed by atoms with van der Waals surface area (Å²) in [6, 6.07) is 0. The third-order valence-corrected chi connectivity index (χ3v) is 1.86. The Morgan fingerprint density at radius 1 is 1.73 bits per heavy atom. The molecule has 2 heteroatoms. The first-order valence-corrected chi connectivity index (χ1v) is 3.81. The zero-order valence-corrected chi connectivity index (χ0v) is 7.05. The number of amides is 1. The van der Waals surface area contributed by atoms with Gasteiger partial charge < -0.3 is 4.90 Å². The summed E-state index contributed by atoms with van der Waals surface area (Å²) in [5, 5.41) is 0. The van der Waals surface area contributed by atoms with Crippen LogP contribution >= 0.6 is 0 Å². The van der Waals surface area contributed by atoms with E-state index in [4.69, 9.17) is 0 Å². The monoisotopic (exact) mass is 151 g/mol. The third kappa shape index (κ3) is 1.34. The molecule has 11 heavy (non-hydrogen) atoms. The van der Waals surface area contributed by atoms with Crippen molar-refractivity contribution < 1.29 is 4.79 Å². The second-order valence-corrected chi connectivity index (χ2v) is 2.73. The standard InChI is InChI=1S/C9H13NO/c1-4-5-8-7(2)6-9(11)10(8)3/h5H,2,4,6H2,1,3H3/b8-5-. The Morgan fingerprint density at radius 3 is 2.73 bits per heavy atom. The molecule has 1 aliphatic heterocycles. The Bertz CT molecular complexity index is 228. The highest BCUT2D eigenvalue weighted by molar-refractivity contribution is 5.86. The number of rotatable bonds is 1. The summed E-state index contributed by atoms with van der Waals surface area (Å²) in [6.45, 7) is 5.88. The molecule has 0 bridgehead atoms. The van der Waals surface area contributed by atoms with Gasteiger partial charge in [0, 0.05) is 12.7 Å². The third-order valence-electron chi connectivity index (χ3n) is 1.86. The maximum Gasteiger partial charge on any atom is 0.231 e. The Balaban J connectivity index is 2.88. The van der Waals surface area contributed by atoms with E-state index in [9.17, 15) is 4.79 Å². The van der Waals surface area contributed by atoms with E-state index < -0.39 is 0 Å². The van der Waals surface area contributed by atoms with Crippen LogP contribution in [0.4, 0.5) is 0 Å². The number of hydrogen-bond donors (Lipinski definition) is 0. The predicted octanol–water partition coefficient (Wildman–Crippen LogP) is 1.70. The van der Waals surface area contributed by atoms with Gasteiger partial charge in [0.15, 0.2) is 0 Å². The van der Waals surface area contributed by atoms with Gasteiger partial charge in [-0.2, -0.15) is 0 Å². The number of carbonyl (C=O) groups is 1. The molecule has 0 aromatic carbocycles. The number of nitrogens with zero attached hydrogens (tertiary/aromatic N) is 1. The second-order valence-electron chi connectivity index (χ2n) is 2.73. The topological polar surface area (TPSA) is 20.3 Å². The lowest BCUT2D eigenvalue weighted by atomic mass is 10.2. The van der Waals surface area contributed by atoms with Crippen molar-refractivity contribution in [2.45, 2.75) is 19.8 Å². The fraction of sp³-hybridized carbons (Fsp3) is 0.444. The Morgan fingerprint density at radius 2 is 2.36 bits per heavy atom. The van der Waals surface area contributed by atoms with Gasteiger partial charge in [0.25, 0.3) is 0 Å². The first kappa shape index (κ1) is 8.05. The number of hydrogen-bond acceptors (Lipinski definition) is 1. The van der Waals surface area contributed by atoms with Crippen LogP contribution < -0.4 is 0 Å². The van der Waals surface area contributed by atoms with Crippen molar-refractivity contribution in [2.24, 2.45) is 0 Å². The second kappa shape index (κ2) is 2.91. The van der Waals surface area contributed by atoms with Gasteiger partial charge >= 0.3 is 0 Å². The van der Waals surface area contributed by atoms with Crippen LogP contribution in [0, 0.1) is 0 Å². The molecule has 2 nitrogen and oxygen atoms in total. The molecule has 0 saturated carbocycles. The minimum Gasteiger partial charge on any atom is -0.315 e. The minimum atomic E-state index is 0.148. The summed E-state index contributed by atoms with van der Waals surface area (Å²) in [7, 11) is 1.79. The molecule has 1 saturated heterocycles. The molecule has 1 fully saturated rings. The van der Waals surface area contributed by atoms with Crippen molar-refractivity contribution >= 4 is 5.91 Å². The van der Waals surface area contributed by atoms with Gasteiger partial charge in [-0.3, -0.25) is 4.79 Å². The SMILES string of the molecule is C=C1CC(=O)N(C)/C1=C\CC. The van der Waals surface area contributed by atoms with Crippen molar-refractivity contribution in [2.75, 3.05) is 7.05 Å². The number of allylic oxidation sites excluding steroid dienone is 2. The molecule has 1 amide bonds. The minimum absolute atomic E-state index is 0.148. The molecule has 0 spiro atoms. The molecule has 0 atom stereocenters. The summed E-state index contributed by atoms with van der Waals surface area (Å²) in [6.07, 6.45) is 3.47. The number of carbonyl (C=O) groups excluding carboxylic acids is 1. The average Bonchev–Trinajstić information content (AvgIpc) is 2.17. The van der Waals surface area contributed by atoms with E-state index >= 15 is 0 Å². The molecule has 0 radical (unpaired) electrons. The van der Waals surface area contributed by atoms with Crippen LogP contribution in [0.1, 0.15) is 19.8 Å². The lowest BCUT2D eigenvalue weighted by molar-refractivity contribution is -0.125. The van der Waals surface area contributed by atoms with E-state index in [1.54, 1.807) is 11.9 Å². The number of likely N-dealkylation sites (tertiary alicyclic amines) is 1. The van der Waals surface area contributed by atoms with Crippen LogP contribution in [0.15, 0.2) is 23.9 Å². The molecule has 0 aliphatic carbocycles. The first-order chi connectivity index (χ1) is 5.16. The lowest BCUT2D eigenvalue weighted by Gasteiger charge is -2.09. The highest BCUT2D eigenvalue weighted by Gasteiger charge is 2.24. The predicted molar refractivity (Wildman–Crippen MR) is 44.9 cm³/mol. The van der Waals surface area contributed by atoms with Crippen LogP contribution in [-0.2, 0) is 4.79 Å². The molecular formula is C9H13NO. The smallest absolute Gasteiger partial charge is 0.231 e. The van der Waals surface area contributed by atoms with Gasteiger partial charge in [0.2, 0.25) is 5.91 Å². The van der Waals surface area contributed by atoms with Crippen LogP contribution in [0.5, 0.6) is 0 Å². The Labute approximate surface area is 67.2 Å². The largest absolute Gasteiger partial charge is 0.315 e. The van der Waals surface area contributed by atoms with Crippen LogP contribution in [-0.4, -0.2) is 17.9 Å². The van der Waals surface area contributed by atoms with Gasteiger partial charge in [-0.05, 0) is 12.0 Å². The van der Waals surface area contributed by atoms with E-state index in [0.29, 0.717) is 6.42 Å². The number of likely N-dealkylation sites (N-methyl/N-ethyl adjacent to an activating group) is 1. The summed E-state index contributed by atoms with van der Waals surface area (Å²) >= 11 is 0. The van der Waals surface area contributed by atoms with E-state index in [1.165, 1.54) is 0 Å². The van der Waals surface area contributed by atoms with Gasteiger partial charge in [-0.15, -0.1) is 0 Å². The van der Waals surface area contributed by atoms with Crippen molar-refractivity contribution in [3.63, 3.8) is 0 Å². The molecule has 1 aliphatic rings. The van der Waals surface area contributed by atoms with Gasteiger partial charge in [0.05, 0.1) is 6.42 Å². The molecular weight excluding hydrogens is 138 g/mol. The van der Waals surface area contributed by atoms with Crippen molar-refractivity contribution in [3.05, 3.63) is 23.9 Å². The normalized spacial score (nSPS) is 22.0. The van der Waals surface area contributed by atoms with Crippen LogP contribution in [0.3, 0.4) is 0 Å². The average molecular weight is 151 g/mol. The van der Waals surface area contributed by atoms with E-state index in [-0.39, 0.29) is 5.91 Å². The summed E-state index contributed by atoms with van der Waals surface area (Å²) < 4.78 is 0. The molecule has 1 heterocycles. The fourth-order valence-corrected chi connectivity index (χ4v) is 1.24.